The fourth-order valence-electron chi connectivity index (χ4n) is 3.25. The Morgan fingerprint density at radius 1 is 1.06 bits per heavy atom. The predicted octanol–water partition coefficient (Wildman–Crippen LogP) is 4.52. The lowest BCUT2D eigenvalue weighted by Crippen LogP contribution is -2.12. The van der Waals surface area contributed by atoms with Gasteiger partial charge in [0.1, 0.15) is 40.0 Å². The lowest BCUT2D eigenvalue weighted by Gasteiger charge is -2.13. The zero-order valence-electron chi connectivity index (χ0n) is 19.0. The summed E-state index contributed by atoms with van der Waals surface area (Å²) >= 11 is 1.24. The molecule has 34 heavy (non-hydrogen) atoms. The lowest BCUT2D eigenvalue weighted by atomic mass is 9.96. The number of nitrogen functional groups attached to an aromatic ring is 1. The van der Waals surface area contributed by atoms with Crippen molar-refractivity contribution in [2.75, 3.05) is 31.0 Å². The number of ether oxygens (including phenoxy) is 2. The number of anilines is 2. The third kappa shape index (κ3) is 5.58. The number of hydrogen-bond donors (Lipinski definition) is 2. The SMILES string of the molecule is COc1cc(NC(=O)CCSc2nc(N)c(C#N)c(-c3ccc(C)cc3)c2C#N)cc(OC)c1. The molecule has 1 amide bonds. The van der Waals surface area contributed by atoms with E-state index in [0.29, 0.717) is 39.1 Å². The van der Waals surface area contributed by atoms with Crippen molar-refractivity contribution in [3.05, 3.63) is 59.2 Å². The smallest absolute Gasteiger partial charge is 0.225 e. The van der Waals surface area contributed by atoms with Crippen LogP contribution in [-0.4, -0.2) is 30.9 Å². The number of thioether (sulfide) groups is 1. The third-order valence-electron chi connectivity index (χ3n) is 4.96. The Balaban J connectivity index is 1.79. The van der Waals surface area contributed by atoms with Crippen LogP contribution in [0.25, 0.3) is 11.1 Å². The van der Waals surface area contributed by atoms with Crippen molar-refractivity contribution >= 4 is 29.2 Å². The largest absolute Gasteiger partial charge is 0.497 e. The second-order valence-corrected chi connectivity index (χ2v) is 8.35. The highest BCUT2D eigenvalue weighted by Gasteiger charge is 2.20. The minimum Gasteiger partial charge on any atom is -0.497 e. The number of hydrogen-bond acceptors (Lipinski definition) is 8. The number of carbonyl (C=O) groups is 1. The van der Waals surface area contributed by atoms with Gasteiger partial charge in [-0.25, -0.2) is 4.98 Å². The average molecular weight is 474 g/mol. The molecule has 0 fully saturated rings. The number of nitriles is 2. The molecule has 3 rings (SSSR count). The molecule has 3 N–H and O–H groups in total. The van der Waals surface area contributed by atoms with E-state index in [2.05, 4.69) is 22.4 Å². The molecule has 0 saturated carbocycles. The number of nitrogens with zero attached hydrogens (tertiary/aromatic N) is 3. The van der Waals surface area contributed by atoms with Crippen molar-refractivity contribution in [2.24, 2.45) is 0 Å². The van der Waals surface area contributed by atoms with Crippen molar-refractivity contribution < 1.29 is 14.3 Å². The van der Waals surface area contributed by atoms with Gasteiger partial charge in [-0.3, -0.25) is 4.79 Å². The van der Waals surface area contributed by atoms with Crippen LogP contribution in [-0.2, 0) is 4.79 Å². The van der Waals surface area contributed by atoms with Gasteiger partial charge >= 0.3 is 0 Å². The summed E-state index contributed by atoms with van der Waals surface area (Å²) in [5.41, 5.74) is 9.24. The van der Waals surface area contributed by atoms with Gasteiger partial charge in [0.25, 0.3) is 0 Å². The van der Waals surface area contributed by atoms with Crippen LogP contribution in [0, 0.1) is 29.6 Å². The molecule has 0 bridgehead atoms. The van der Waals surface area contributed by atoms with E-state index in [1.807, 2.05) is 31.2 Å². The maximum atomic E-state index is 12.5. The number of benzene rings is 2. The molecule has 1 heterocycles. The maximum Gasteiger partial charge on any atom is 0.225 e. The topological polar surface area (TPSA) is 134 Å². The van der Waals surface area contributed by atoms with Crippen LogP contribution in [0.3, 0.4) is 0 Å². The molecule has 0 spiro atoms. The molecule has 3 aromatic rings. The molecular formula is C25H23N5O3S. The second-order valence-electron chi connectivity index (χ2n) is 7.26. The number of aryl methyl sites for hydroxylation is 1. The standard InChI is InChI=1S/C25H23N5O3S/c1-15-4-6-16(7-5-15)23-20(13-26)24(28)30-25(21(23)14-27)34-9-8-22(31)29-17-10-18(32-2)12-19(11-17)33-3/h4-7,10-12H,8-9H2,1-3H3,(H2,28,30)(H,29,31). The summed E-state index contributed by atoms with van der Waals surface area (Å²) in [6, 6.07) is 16.8. The van der Waals surface area contributed by atoms with Crippen LogP contribution in [0.5, 0.6) is 11.5 Å². The van der Waals surface area contributed by atoms with E-state index in [4.69, 9.17) is 15.2 Å². The number of carbonyl (C=O) groups excluding carboxylic acids is 1. The lowest BCUT2D eigenvalue weighted by molar-refractivity contribution is -0.115. The van der Waals surface area contributed by atoms with Gasteiger partial charge in [-0.05, 0) is 12.5 Å². The summed E-state index contributed by atoms with van der Waals surface area (Å²) < 4.78 is 10.4. The number of aromatic nitrogens is 1. The van der Waals surface area contributed by atoms with Crippen LogP contribution in [0.4, 0.5) is 11.5 Å². The fraction of sp³-hybridized carbons (Fsp3) is 0.200. The van der Waals surface area contributed by atoms with Gasteiger partial charge in [-0.2, -0.15) is 10.5 Å². The van der Waals surface area contributed by atoms with Gasteiger partial charge in [0, 0.05) is 41.6 Å². The van der Waals surface area contributed by atoms with Crippen molar-refractivity contribution in [3.8, 4) is 34.8 Å². The van der Waals surface area contributed by atoms with E-state index < -0.39 is 0 Å². The van der Waals surface area contributed by atoms with Crippen LogP contribution in [0.2, 0.25) is 0 Å². The monoisotopic (exact) mass is 473 g/mol. The molecular weight excluding hydrogens is 450 g/mol. The highest BCUT2D eigenvalue weighted by molar-refractivity contribution is 7.99. The van der Waals surface area contributed by atoms with Gasteiger partial charge in [0.05, 0.1) is 19.8 Å². The molecule has 0 aliphatic carbocycles. The zero-order valence-corrected chi connectivity index (χ0v) is 19.8. The molecule has 0 unspecified atom stereocenters. The number of nitrogens with two attached hydrogens (primary N) is 1. The summed E-state index contributed by atoms with van der Waals surface area (Å²) in [6.45, 7) is 1.95. The first-order chi connectivity index (χ1) is 16.4. The van der Waals surface area contributed by atoms with Crippen LogP contribution in [0.15, 0.2) is 47.5 Å². The highest BCUT2D eigenvalue weighted by atomic mass is 32.2. The van der Waals surface area contributed by atoms with E-state index in [0.717, 1.165) is 5.56 Å². The van der Waals surface area contributed by atoms with Crippen molar-refractivity contribution in [3.63, 3.8) is 0 Å². The van der Waals surface area contributed by atoms with Gasteiger partial charge in [-0.15, -0.1) is 11.8 Å². The van der Waals surface area contributed by atoms with E-state index >= 15 is 0 Å². The number of pyridine rings is 1. The fourth-order valence-corrected chi connectivity index (χ4v) is 4.19. The molecule has 2 aromatic carbocycles. The van der Waals surface area contributed by atoms with Gasteiger partial charge in [0.2, 0.25) is 5.91 Å². The minimum atomic E-state index is -0.221. The van der Waals surface area contributed by atoms with E-state index in [1.165, 1.54) is 26.0 Å². The number of amides is 1. The molecule has 172 valence electrons. The summed E-state index contributed by atoms with van der Waals surface area (Å²) in [6.07, 6.45) is 0.163. The van der Waals surface area contributed by atoms with Gasteiger partial charge < -0.3 is 20.5 Å². The number of rotatable bonds is 8. The Hall–Kier alpha value is -4.21. The summed E-state index contributed by atoms with van der Waals surface area (Å²) in [5, 5.41) is 22.7. The van der Waals surface area contributed by atoms with Crippen molar-refractivity contribution in [2.45, 2.75) is 18.4 Å². The maximum absolute atomic E-state index is 12.5. The summed E-state index contributed by atoms with van der Waals surface area (Å²) in [4.78, 5) is 16.8. The van der Waals surface area contributed by atoms with Crippen LogP contribution < -0.4 is 20.5 Å². The molecule has 0 atom stereocenters. The van der Waals surface area contributed by atoms with Crippen molar-refractivity contribution in [1.29, 1.82) is 10.5 Å². The first-order valence-corrected chi connectivity index (χ1v) is 11.2. The molecule has 1 aromatic heterocycles. The van der Waals surface area contributed by atoms with Crippen molar-refractivity contribution in [1.82, 2.24) is 4.98 Å². The number of methoxy groups -OCH3 is 2. The van der Waals surface area contributed by atoms with Crippen LogP contribution in [0.1, 0.15) is 23.1 Å². The molecule has 8 nitrogen and oxygen atoms in total. The Bertz CT molecular complexity index is 1270. The van der Waals surface area contributed by atoms with E-state index in [1.54, 1.807) is 18.2 Å². The molecule has 0 radical (unpaired) electrons. The van der Waals surface area contributed by atoms with Crippen LogP contribution >= 0.6 is 11.8 Å². The Labute approximate surface area is 202 Å². The molecule has 0 saturated heterocycles. The third-order valence-corrected chi connectivity index (χ3v) is 5.94. The number of nitrogens with one attached hydrogen (secondary N) is 1. The quantitative estimate of drug-likeness (QED) is 0.456. The second kappa shape index (κ2) is 11.1. The average Bonchev–Trinajstić information content (AvgIpc) is 2.83. The minimum absolute atomic E-state index is 0.0486. The van der Waals surface area contributed by atoms with E-state index in [-0.39, 0.29) is 29.3 Å². The molecule has 9 heteroatoms. The molecule has 0 aliphatic rings. The summed E-state index contributed by atoms with van der Waals surface area (Å²) in [7, 11) is 3.07. The molecule has 0 aliphatic heterocycles. The normalized spacial score (nSPS) is 10.1. The zero-order chi connectivity index (χ0) is 24.7. The predicted molar refractivity (Wildman–Crippen MR) is 132 cm³/mol. The Kier molecular flexibility index (Phi) is 7.96. The Morgan fingerprint density at radius 3 is 2.24 bits per heavy atom. The van der Waals surface area contributed by atoms with Gasteiger partial charge in [-0.1, -0.05) is 29.8 Å². The Morgan fingerprint density at radius 2 is 1.68 bits per heavy atom. The first kappa shape index (κ1) is 24.4. The van der Waals surface area contributed by atoms with Gasteiger partial charge in [0.15, 0.2) is 0 Å². The highest BCUT2D eigenvalue weighted by Crippen LogP contribution is 2.36. The first-order valence-electron chi connectivity index (χ1n) is 10.3. The van der Waals surface area contributed by atoms with E-state index in [9.17, 15) is 15.3 Å². The summed E-state index contributed by atoms with van der Waals surface area (Å²) in [5.74, 6) is 1.30.